The molecule has 1 unspecified atom stereocenters. The molecule has 8 heteroatoms. The fourth-order valence-corrected chi connectivity index (χ4v) is 2.59. The summed E-state index contributed by atoms with van der Waals surface area (Å²) >= 11 is 5.94. The van der Waals surface area contributed by atoms with Crippen LogP contribution >= 0.6 is 11.6 Å². The number of carbonyl (C=O) groups is 1. The van der Waals surface area contributed by atoms with Crippen molar-refractivity contribution in [3.63, 3.8) is 0 Å². The van der Waals surface area contributed by atoms with Crippen LogP contribution in [0.4, 0.5) is 5.69 Å². The number of anilines is 1. The van der Waals surface area contributed by atoms with Gasteiger partial charge in [-0.1, -0.05) is 23.4 Å². The Morgan fingerprint density at radius 3 is 2.76 bits per heavy atom. The fourth-order valence-electron chi connectivity index (χ4n) is 1.37. The Labute approximate surface area is 128 Å². The third-order valence-electron chi connectivity index (χ3n) is 2.55. The van der Waals surface area contributed by atoms with Crippen LogP contribution in [0.1, 0.15) is 12.5 Å². The van der Waals surface area contributed by atoms with Gasteiger partial charge in [0.2, 0.25) is 10.0 Å². The molecular formula is C13H15ClN2O4S. The van der Waals surface area contributed by atoms with E-state index in [-0.39, 0.29) is 17.3 Å². The molecule has 0 saturated heterocycles. The summed E-state index contributed by atoms with van der Waals surface area (Å²) < 4.78 is 30.8. The van der Waals surface area contributed by atoms with Gasteiger partial charge in [0.05, 0.1) is 24.4 Å². The fraction of sp³-hybridized carbons (Fsp3) is 0.308. The summed E-state index contributed by atoms with van der Waals surface area (Å²) in [6.45, 7) is 1.41. The molecule has 1 atom stereocenters. The molecule has 21 heavy (non-hydrogen) atoms. The van der Waals surface area contributed by atoms with E-state index >= 15 is 0 Å². The molecule has 0 aliphatic rings. The van der Waals surface area contributed by atoms with Crippen LogP contribution in [0.3, 0.4) is 0 Å². The van der Waals surface area contributed by atoms with Gasteiger partial charge >= 0.3 is 5.97 Å². The Hall–Kier alpha value is -1.75. The van der Waals surface area contributed by atoms with Crippen molar-refractivity contribution in [1.29, 1.82) is 0 Å². The lowest BCUT2D eigenvalue weighted by Crippen LogP contribution is -2.33. The molecule has 0 fully saturated rings. The number of methoxy groups -OCH3 is 1. The third kappa shape index (κ3) is 4.63. The molecule has 0 amide bonds. The summed E-state index contributed by atoms with van der Waals surface area (Å²) in [5, 5.41) is -1.17. The van der Waals surface area contributed by atoms with Crippen LogP contribution in [0.5, 0.6) is 0 Å². The number of hydrogen-bond acceptors (Lipinski definition) is 5. The highest BCUT2D eigenvalue weighted by molar-refractivity contribution is 7.94. The van der Waals surface area contributed by atoms with E-state index in [0.29, 0.717) is 5.56 Å². The van der Waals surface area contributed by atoms with Gasteiger partial charge in [-0.05, 0) is 25.1 Å². The van der Waals surface area contributed by atoms with E-state index in [4.69, 9.17) is 17.3 Å². The molecule has 1 aromatic carbocycles. The third-order valence-corrected chi connectivity index (χ3v) is 4.51. The van der Waals surface area contributed by atoms with Crippen molar-refractivity contribution in [2.45, 2.75) is 12.2 Å². The van der Waals surface area contributed by atoms with Gasteiger partial charge < -0.3 is 10.5 Å². The average molecular weight is 331 g/mol. The lowest BCUT2D eigenvalue weighted by atomic mass is 10.2. The van der Waals surface area contributed by atoms with Gasteiger partial charge in [0.1, 0.15) is 0 Å². The predicted molar refractivity (Wildman–Crippen MR) is 81.4 cm³/mol. The second-order valence-corrected chi connectivity index (χ2v) is 6.42. The van der Waals surface area contributed by atoms with Crippen LogP contribution in [0.25, 0.3) is 0 Å². The lowest BCUT2D eigenvalue weighted by Gasteiger charge is -2.14. The van der Waals surface area contributed by atoms with Crippen molar-refractivity contribution in [3.05, 3.63) is 28.8 Å². The van der Waals surface area contributed by atoms with E-state index in [1.165, 1.54) is 19.1 Å². The van der Waals surface area contributed by atoms with Gasteiger partial charge in [0, 0.05) is 5.56 Å². The van der Waals surface area contributed by atoms with Crippen LogP contribution in [-0.2, 0) is 19.6 Å². The molecule has 6 nitrogen and oxygen atoms in total. The summed E-state index contributed by atoms with van der Waals surface area (Å²) in [7, 11) is -2.85. The van der Waals surface area contributed by atoms with Gasteiger partial charge in [0.15, 0.2) is 5.25 Å². The second-order valence-electron chi connectivity index (χ2n) is 4.01. The monoisotopic (exact) mass is 330 g/mol. The number of benzene rings is 1. The first-order valence-electron chi connectivity index (χ1n) is 5.89. The maximum Gasteiger partial charge on any atom is 0.325 e. The zero-order valence-electron chi connectivity index (χ0n) is 11.5. The molecular weight excluding hydrogens is 316 g/mol. The molecule has 3 N–H and O–H groups in total. The van der Waals surface area contributed by atoms with Gasteiger partial charge in [0.25, 0.3) is 0 Å². The SMILES string of the molecule is COC(=O)C(C)S(=O)(=O)Nc1cc(C#CCN)ccc1Cl. The zero-order chi connectivity index (χ0) is 16.0. The summed E-state index contributed by atoms with van der Waals surface area (Å²) in [6.07, 6.45) is 0. The maximum absolute atomic E-state index is 12.1. The molecule has 0 spiro atoms. The van der Waals surface area contributed by atoms with Crippen molar-refractivity contribution in [2.75, 3.05) is 18.4 Å². The number of carbonyl (C=O) groups excluding carboxylic acids is 1. The molecule has 0 saturated carbocycles. The van der Waals surface area contributed by atoms with E-state index < -0.39 is 21.2 Å². The Bertz CT molecular complexity index is 692. The van der Waals surface area contributed by atoms with E-state index in [0.717, 1.165) is 7.11 Å². The summed E-state index contributed by atoms with van der Waals surface area (Å²) in [5.41, 5.74) is 5.96. The minimum absolute atomic E-state index is 0.135. The normalized spacial score (nSPS) is 12.0. The van der Waals surface area contributed by atoms with Gasteiger partial charge in [-0.25, -0.2) is 8.42 Å². The topological polar surface area (TPSA) is 98.5 Å². The highest BCUT2D eigenvalue weighted by atomic mass is 35.5. The summed E-state index contributed by atoms with van der Waals surface area (Å²) in [4.78, 5) is 11.3. The number of nitrogens with one attached hydrogen (secondary N) is 1. The highest BCUT2D eigenvalue weighted by Crippen LogP contribution is 2.24. The number of esters is 1. The Balaban J connectivity index is 3.09. The molecule has 0 bridgehead atoms. The first-order chi connectivity index (χ1) is 9.81. The van der Waals surface area contributed by atoms with Crippen molar-refractivity contribution in [1.82, 2.24) is 0 Å². The number of ether oxygens (including phenoxy) is 1. The van der Waals surface area contributed by atoms with Gasteiger partial charge in [-0.2, -0.15) is 0 Å². The molecule has 1 aromatic rings. The van der Waals surface area contributed by atoms with Crippen LogP contribution in [0.15, 0.2) is 18.2 Å². The number of nitrogens with two attached hydrogens (primary N) is 1. The first kappa shape index (κ1) is 17.3. The van der Waals surface area contributed by atoms with Crippen LogP contribution < -0.4 is 10.5 Å². The minimum atomic E-state index is -3.97. The Morgan fingerprint density at radius 1 is 1.52 bits per heavy atom. The van der Waals surface area contributed by atoms with E-state index in [9.17, 15) is 13.2 Å². The highest BCUT2D eigenvalue weighted by Gasteiger charge is 2.29. The second kappa shape index (κ2) is 7.31. The lowest BCUT2D eigenvalue weighted by molar-refractivity contribution is -0.139. The quantitative estimate of drug-likeness (QED) is 0.632. The predicted octanol–water partition coefficient (Wildman–Crippen LogP) is 0.953. The molecule has 0 aliphatic heterocycles. The molecule has 1 rings (SSSR count). The molecule has 0 heterocycles. The Morgan fingerprint density at radius 2 is 2.19 bits per heavy atom. The summed E-state index contributed by atoms with van der Waals surface area (Å²) in [6, 6.07) is 4.60. The van der Waals surface area contributed by atoms with Gasteiger partial charge in [-0.15, -0.1) is 0 Å². The van der Waals surface area contributed by atoms with Crippen molar-refractivity contribution in [3.8, 4) is 11.8 Å². The molecule has 114 valence electrons. The van der Waals surface area contributed by atoms with Crippen LogP contribution in [-0.4, -0.2) is 33.3 Å². The number of hydrogen-bond donors (Lipinski definition) is 2. The molecule has 0 radical (unpaired) electrons. The van der Waals surface area contributed by atoms with Crippen molar-refractivity contribution >= 4 is 33.3 Å². The number of halogens is 1. The smallest absolute Gasteiger partial charge is 0.325 e. The first-order valence-corrected chi connectivity index (χ1v) is 7.82. The number of rotatable bonds is 4. The van der Waals surface area contributed by atoms with E-state index in [1.807, 2.05) is 0 Å². The van der Waals surface area contributed by atoms with Crippen LogP contribution in [0, 0.1) is 11.8 Å². The Kier molecular flexibility index (Phi) is 6.03. The standard InChI is InChI=1S/C13H15ClN2O4S/c1-9(13(17)20-2)21(18,19)16-12-8-10(4-3-7-15)5-6-11(12)14/h5-6,8-9,16H,7,15H2,1-2H3. The summed E-state index contributed by atoms with van der Waals surface area (Å²) in [5.74, 6) is 4.55. The minimum Gasteiger partial charge on any atom is -0.468 e. The van der Waals surface area contributed by atoms with E-state index in [2.05, 4.69) is 21.3 Å². The number of sulfonamides is 1. The molecule has 0 aliphatic carbocycles. The zero-order valence-corrected chi connectivity index (χ0v) is 13.1. The molecule has 0 aromatic heterocycles. The van der Waals surface area contributed by atoms with Gasteiger partial charge in [-0.3, -0.25) is 9.52 Å². The van der Waals surface area contributed by atoms with Crippen molar-refractivity contribution in [2.24, 2.45) is 5.73 Å². The van der Waals surface area contributed by atoms with Crippen molar-refractivity contribution < 1.29 is 17.9 Å². The van der Waals surface area contributed by atoms with E-state index in [1.54, 1.807) is 6.07 Å². The average Bonchev–Trinajstić information content (AvgIpc) is 2.46. The van der Waals surface area contributed by atoms with Crippen LogP contribution in [0.2, 0.25) is 5.02 Å². The largest absolute Gasteiger partial charge is 0.468 e. The maximum atomic E-state index is 12.1.